The van der Waals surface area contributed by atoms with E-state index in [0.29, 0.717) is 24.8 Å². The molecule has 0 aromatic heterocycles. The molecule has 16 heavy (non-hydrogen) atoms. The van der Waals surface area contributed by atoms with Gasteiger partial charge in [-0.15, -0.1) is 11.6 Å². The molecule has 1 aliphatic rings. The fourth-order valence-corrected chi connectivity index (χ4v) is 3.75. The summed E-state index contributed by atoms with van der Waals surface area (Å²) in [6.45, 7) is 9.29. The zero-order chi connectivity index (χ0) is 12.6. The predicted molar refractivity (Wildman–Crippen MR) is 68.2 cm³/mol. The van der Waals surface area contributed by atoms with Crippen molar-refractivity contribution >= 4 is 21.6 Å². The van der Waals surface area contributed by atoms with Gasteiger partial charge in [0.15, 0.2) is 0 Å². The van der Waals surface area contributed by atoms with Crippen LogP contribution in [0, 0.1) is 16.7 Å². The SMILES string of the molecule is CC1(C)C(CNS(=O)(=O)CCCCl)C1(C)C. The lowest BCUT2D eigenvalue weighted by Crippen LogP contribution is -2.29. The number of sulfonamides is 1. The van der Waals surface area contributed by atoms with Gasteiger partial charge in [-0.3, -0.25) is 0 Å². The summed E-state index contributed by atoms with van der Waals surface area (Å²) in [6, 6.07) is 0. The van der Waals surface area contributed by atoms with Gasteiger partial charge in [-0.05, 0) is 23.2 Å². The highest BCUT2D eigenvalue weighted by atomic mass is 35.5. The van der Waals surface area contributed by atoms with Gasteiger partial charge in [0.25, 0.3) is 0 Å². The van der Waals surface area contributed by atoms with E-state index < -0.39 is 10.0 Å². The van der Waals surface area contributed by atoms with Crippen LogP contribution in [-0.4, -0.2) is 26.6 Å². The summed E-state index contributed by atoms with van der Waals surface area (Å²) < 4.78 is 25.8. The quantitative estimate of drug-likeness (QED) is 0.750. The van der Waals surface area contributed by atoms with E-state index in [0.717, 1.165) is 0 Å². The molecular weight excluding hydrogens is 246 g/mol. The molecule has 0 unspecified atom stereocenters. The summed E-state index contributed by atoms with van der Waals surface area (Å²) in [6.07, 6.45) is 0.508. The zero-order valence-corrected chi connectivity index (χ0v) is 12.1. The lowest BCUT2D eigenvalue weighted by atomic mass is 10.0. The second kappa shape index (κ2) is 4.46. The third kappa shape index (κ3) is 2.71. The maximum absolute atomic E-state index is 11.6. The third-order valence-electron chi connectivity index (χ3n) is 4.37. The van der Waals surface area contributed by atoms with E-state index in [1.165, 1.54) is 0 Å². The molecule has 1 fully saturated rings. The Hall–Kier alpha value is 0.200. The highest BCUT2D eigenvalue weighted by molar-refractivity contribution is 7.89. The lowest BCUT2D eigenvalue weighted by Gasteiger charge is -2.06. The monoisotopic (exact) mass is 267 g/mol. The van der Waals surface area contributed by atoms with Crippen molar-refractivity contribution in [3.63, 3.8) is 0 Å². The second-order valence-corrected chi connectivity index (χ2v) is 8.01. The normalized spacial score (nSPS) is 23.3. The van der Waals surface area contributed by atoms with Crippen molar-refractivity contribution in [1.82, 2.24) is 4.72 Å². The molecule has 1 aliphatic carbocycles. The molecule has 0 saturated heterocycles. The Morgan fingerprint density at radius 1 is 1.19 bits per heavy atom. The fraction of sp³-hybridized carbons (Fsp3) is 1.00. The van der Waals surface area contributed by atoms with Gasteiger partial charge in [0.05, 0.1) is 5.75 Å². The maximum atomic E-state index is 11.6. The molecule has 0 spiro atoms. The first-order valence-corrected chi connectivity index (χ1v) is 7.87. The predicted octanol–water partition coefficient (Wildman–Crippen LogP) is 2.22. The first-order chi connectivity index (χ1) is 7.15. The molecule has 1 saturated carbocycles. The van der Waals surface area contributed by atoms with Crippen LogP contribution < -0.4 is 4.72 Å². The number of halogens is 1. The summed E-state index contributed by atoms with van der Waals surface area (Å²) in [5, 5.41) is 0. The van der Waals surface area contributed by atoms with E-state index in [4.69, 9.17) is 11.6 Å². The van der Waals surface area contributed by atoms with Crippen LogP contribution in [0.4, 0.5) is 0 Å². The van der Waals surface area contributed by atoms with E-state index in [9.17, 15) is 8.42 Å². The van der Waals surface area contributed by atoms with Crippen molar-refractivity contribution in [2.75, 3.05) is 18.2 Å². The minimum Gasteiger partial charge on any atom is -0.215 e. The number of hydrogen-bond acceptors (Lipinski definition) is 2. The average molecular weight is 268 g/mol. The van der Waals surface area contributed by atoms with E-state index in [-0.39, 0.29) is 16.6 Å². The number of hydrogen-bond donors (Lipinski definition) is 1. The summed E-state index contributed by atoms with van der Waals surface area (Å²) in [7, 11) is -3.13. The molecule has 0 heterocycles. The Kier molecular flexibility index (Phi) is 3.98. The van der Waals surface area contributed by atoms with Crippen molar-refractivity contribution in [3.05, 3.63) is 0 Å². The van der Waals surface area contributed by atoms with Crippen LogP contribution in [0.2, 0.25) is 0 Å². The molecular formula is C11H22ClNO2S. The van der Waals surface area contributed by atoms with Crippen LogP contribution in [0.3, 0.4) is 0 Å². The number of nitrogens with one attached hydrogen (secondary N) is 1. The first-order valence-electron chi connectivity index (χ1n) is 5.68. The fourth-order valence-electron chi connectivity index (χ4n) is 2.37. The van der Waals surface area contributed by atoms with Crippen molar-refractivity contribution < 1.29 is 8.42 Å². The highest BCUT2D eigenvalue weighted by Gasteiger charge is 2.64. The van der Waals surface area contributed by atoms with Crippen LogP contribution in [-0.2, 0) is 10.0 Å². The van der Waals surface area contributed by atoms with Gasteiger partial charge in [0, 0.05) is 12.4 Å². The van der Waals surface area contributed by atoms with Gasteiger partial charge in [-0.25, -0.2) is 13.1 Å². The average Bonchev–Trinajstić information content (AvgIpc) is 2.52. The van der Waals surface area contributed by atoms with Crippen LogP contribution in [0.15, 0.2) is 0 Å². The van der Waals surface area contributed by atoms with E-state index in [1.807, 2.05) is 0 Å². The molecule has 0 amide bonds. The lowest BCUT2D eigenvalue weighted by molar-refractivity contribution is 0.457. The van der Waals surface area contributed by atoms with Gasteiger partial charge in [0.2, 0.25) is 10.0 Å². The van der Waals surface area contributed by atoms with Crippen molar-refractivity contribution in [2.24, 2.45) is 16.7 Å². The molecule has 5 heteroatoms. The molecule has 1 rings (SSSR count). The van der Waals surface area contributed by atoms with Crippen molar-refractivity contribution in [3.8, 4) is 0 Å². The van der Waals surface area contributed by atoms with Crippen molar-refractivity contribution in [2.45, 2.75) is 34.1 Å². The molecule has 0 atom stereocenters. The molecule has 0 aromatic carbocycles. The maximum Gasteiger partial charge on any atom is 0.211 e. The second-order valence-electron chi connectivity index (χ2n) is 5.71. The smallest absolute Gasteiger partial charge is 0.211 e. The van der Waals surface area contributed by atoms with Gasteiger partial charge in [0.1, 0.15) is 0 Å². The molecule has 0 aromatic rings. The minimum absolute atomic E-state index is 0.129. The van der Waals surface area contributed by atoms with Gasteiger partial charge >= 0.3 is 0 Å². The van der Waals surface area contributed by atoms with Gasteiger partial charge in [-0.1, -0.05) is 27.7 Å². The van der Waals surface area contributed by atoms with E-state index >= 15 is 0 Å². The van der Waals surface area contributed by atoms with Crippen LogP contribution in [0.1, 0.15) is 34.1 Å². The summed E-state index contributed by atoms with van der Waals surface area (Å²) in [4.78, 5) is 0. The Morgan fingerprint density at radius 2 is 1.69 bits per heavy atom. The van der Waals surface area contributed by atoms with Gasteiger partial charge < -0.3 is 0 Å². The van der Waals surface area contributed by atoms with E-state index in [1.54, 1.807) is 0 Å². The Morgan fingerprint density at radius 3 is 2.06 bits per heavy atom. The summed E-state index contributed by atoms with van der Waals surface area (Å²) in [5.74, 6) is 0.941. The van der Waals surface area contributed by atoms with Gasteiger partial charge in [-0.2, -0.15) is 0 Å². The molecule has 0 bridgehead atoms. The molecule has 3 nitrogen and oxygen atoms in total. The summed E-state index contributed by atoms with van der Waals surface area (Å²) >= 11 is 5.48. The minimum atomic E-state index is -3.13. The first kappa shape index (κ1) is 14.3. The topological polar surface area (TPSA) is 46.2 Å². The standard InChI is InChI=1S/C11H22ClNO2S/c1-10(2)9(11(10,3)4)8-13-16(14,15)7-5-6-12/h9,13H,5-8H2,1-4H3. The Balaban J connectivity index is 2.43. The van der Waals surface area contributed by atoms with Crippen LogP contribution >= 0.6 is 11.6 Å². The molecule has 0 aliphatic heterocycles. The third-order valence-corrected chi connectivity index (χ3v) is 6.07. The highest BCUT2D eigenvalue weighted by Crippen LogP contribution is 2.67. The van der Waals surface area contributed by atoms with E-state index in [2.05, 4.69) is 32.4 Å². The zero-order valence-electron chi connectivity index (χ0n) is 10.5. The van der Waals surface area contributed by atoms with Crippen LogP contribution in [0.25, 0.3) is 0 Å². The molecule has 96 valence electrons. The largest absolute Gasteiger partial charge is 0.215 e. The molecule has 1 N–H and O–H groups in total. The number of rotatable bonds is 6. The molecule has 0 radical (unpaired) electrons. The van der Waals surface area contributed by atoms with Crippen molar-refractivity contribution in [1.29, 1.82) is 0 Å². The Bertz CT molecular complexity index is 335. The number of alkyl halides is 1. The Labute approximate surface area is 104 Å². The van der Waals surface area contributed by atoms with Crippen LogP contribution in [0.5, 0.6) is 0 Å². The summed E-state index contributed by atoms with van der Waals surface area (Å²) in [5.41, 5.74) is 0.448.